The van der Waals surface area contributed by atoms with E-state index in [2.05, 4.69) is 5.32 Å². The maximum absolute atomic E-state index is 14.0. The van der Waals surface area contributed by atoms with Crippen molar-refractivity contribution in [3.05, 3.63) is 77.4 Å². The molecule has 3 aromatic rings. The molecule has 1 aliphatic heterocycles. The lowest BCUT2D eigenvalue weighted by Crippen LogP contribution is -2.43. The van der Waals surface area contributed by atoms with E-state index in [-0.39, 0.29) is 23.5 Å². The summed E-state index contributed by atoms with van der Waals surface area (Å²) in [4.78, 5) is 28.6. The Labute approximate surface area is 173 Å². The predicted octanol–water partition coefficient (Wildman–Crippen LogP) is 5.05. The molecule has 1 unspecified atom stereocenters. The molecule has 2 heterocycles. The highest BCUT2D eigenvalue weighted by atomic mass is 32.1. The first-order valence-electron chi connectivity index (χ1n) is 9.62. The first kappa shape index (κ1) is 19.3. The van der Waals surface area contributed by atoms with E-state index in [9.17, 15) is 14.0 Å². The van der Waals surface area contributed by atoms with E-state index in [4.69, 9.17) is 0 Å². The normalized spacial score (nSPS) is 16.4. The summed E-state index contributed by atoms with van der Waals surface area (Å²) in [6.07, 6.45) is 1.54. The SMILES string of the molecule is O=C(Nc1ccccc1)C1CCCN(C(=O)c2ccc(-c3ccccc3F)s2)C1. The molecule has 148 valence electrons. The fourth-order valence-corrected chi connectivity index (χ4v) is 4.56. The number of piperidine rings is 1. The van der Waals surface area contributed by atoms with Gasteiger partial charge in [-0.05, 0) is 43.2 Å². The van der Waals surface area contributed by atoms with Gasteiger partial charge in [0.15, 0.2) is 0 Å². The van der Waals surface area contributed by atoms with E-state index in [0.29, 0.717) is 23.5 Å². The quantitative estimate of drug-likeness (QED) is 0.657. The smallest absolute Gasteiger partial charge is 0.263 e. The molecule has 1 N–H and O–H groups in total. The number of para-hydroxylation sites is 1. The number of nitrogens with zero attached hydrogens (tertiary/aromatic N) is 1. The average Bonchev–Trinajstić information content (AvgIpc) is 3.24. The van der Waals surface area contributed by atoms with Crippen molar-refractivity contribution in [1.82, 2.24) is 4.90 Å². The van der Waals surface area contributed by atoms with E-state index < -0.39 is 0 Å². The monoisotopic (exact) mass is 408 g/mol. The summed E-state index contributed by atoms with van der Waals surface area (Å²) in [5.41, 5.74) is 1.25. The second-order valence-corrected chi connectivity index (χ2v) is 8.17. The Balaban J connectivity index is 1.44. The first-order valence-corrected chi connectivity index (χ1v) is 10.4. The van der Waals surface area contributed by atoms with Crippen LogP contribution in [0, 0.1) is 11.7 Å². The van der Waals surface area contributed by atoms with Gasteiger partial charge in [0, 0.05) is 29.2 Å². The summed E-state index contributed by atoms with van der Waals surface area (Å²) in [7, 11) is 0. The van der Waals surface area contributed by atoms with Crippen molar-refractivity contribution in [2.24, 2.45) is 5.92 Å². The maximum atomic E-state index is 14.0. The van der Waals surface area contributed by atoms with Crippen molar-refractivity contribution >= 4 is 28.8 Å². The third kappa shape index (κ3) is 4.38. The number of likely N-dealkylation sites (tertiary alicyclic amines) is 1. The lowest BCUT2D eigenvalue weighted by Gasteiger charge is -2.31. The van der Waals surface area contributed by atoms with Gasteiger partial charge in [0.2, 0.25) is 5.91 Å². The Morgan fingerprint density at radius 2 is 1.76 bits per heavy atom. The molecule has 29 heavy (non-hydrogen) atoms. The predicted molar refractivity (Wildman–Crippen MR) is 113 cm³/mol. The summed E-state index contributed by atoms with van der Waals surface area (Å²) >= 11 is 1.28. The van der Waals surface area contributed by atoms with Crippen LogP contribution in [-0.4, -0.2) is 29.8 Å². The lowest BCUT2D eigenvalue weighted by molar-refractivity contribution is -0.121. The Hall–Kier alpha value is -2.99. The zero-order valence-electron chi connectivity index (χ0n) is 15.8. The minimum atomic E-state index is -0.302. The number of benzene rings is 2. The van der Waals surface area contributed by atoms with Crippen molar-refractivity contribution in [2.75, 3.05) is 18.4 Å². The van der Waals surface area contributed by atoms with E-state index in [1.165, 1.54) is 17.4 Å². The lowest BCUT2D eigenvalue weighted by atomic mass is 9.97. The van der Waals surface area contributed by atoms with E-state index >= 15 is 0 Å². The van der Waals surface area contributed by atoms with Gasteiger partial charge in [-0.1, -0.05) is 36.4 Å². The van der Waals surface area contributed by atoms with Crippen molar-refractivity contribution in [3.63, 3.8) is 0 Å². The van der Waals surface area contributed by atoms with Crippen LogP contribution in [0.2, 0.25) is 0 Å². The molecule has 1 fully saturated rings. The van der Waals surface area contributed by atoms with Crippen LogP contribution in [0.25, 0.3) is 10.4 Å². The topological polar surface area (TPSA) is 49.4 Å². The molecular formula is C23H21FN2O2S. The minimum absolute atomic E-state index is 0.0630. The summed E-state index contributed by atoms with van der Waals surface area (Å²) in [6, 6.07) is 19.4. The number of thiophene rings is 1. The third-order valence-corrected chi connectivity index (χ3v) is 6.18. The molecule has 0 bridgehead atoms. The molecule has 0 spiro atoms. The Bertz CT molecular complexity index is 1020. The molecule has 2 aromatic carbocycles. The van der Waals surface area contributed by atoms with Gasteiger partial charge in [-0.25, -0.2) is 4.39 Å². The highest BCUT2D eigenvalue weighted by molar-refractivity contribution is 7.17. The summed E-state index contributed by atoms with van der Waals surface area (Å²) in [5.74, 6) is -0.704. The average molecular weight is 408 g/mol. The van der Waals surface area contributed by atoms with Crippen LogP contribution in [-0.2, 0) is 4.79 Å². The number of carbonyl (C=O) groups excluding carboxylic acids is 2. The van der Waals surface area contributed by atoms with E-state index in [1.54, 1.807) is 35.2 Å². The van der Waals surface area contributed by atoms with Crippen molar-refractivity contribution in [2.45, 2.75) is 12.8 Å². The van der Waals surface area contributed by atoms with Crippen LogP contribution >= 0.6 is 11.3 Å². The molecule has 4 rings (SSSR count). The molecule has 1 atom stereocenters. The van der Waals surface area contributed by atoms with Crippen LogP contribution in [0.3, 0.4) is 0 Å². The second kappa shape index (κ2) is 8.57. The number of amides is 2. The highest BCUT2D eigenvalue weighted by Crippen LogP contribution is 2.31. The van der Waals surface area contributed by atoms with Crippen LogP contribution in [0.15, 0.2) is 66.7 Å². The largest absolute Gasteiger partial charge is 0.337 e. The Kier molecular flexibility index (Phi) is 5.71. The minimum Gasteiger partial charge on any atom is -0.337 e. The third-order valence-electron chi connectivity index (χ3n) is 5.08. The van der Waals surface area contributed by atoms with Crippen LogP contribution in [0.1, 0.15) is 22.5 Å². The second-order valence-electron chi connectivity index (χ2n) is 7.09. The summed E-state index contributed by atoms with van der Waals surface area (Å²) < 4.78 is 14.0. The number of hydrogen-bond donors (Lipinski definition) is 1. The Morgan fingerprint density at radius 1 is 1.00 bits per heavy atom. The van der Waals surface area contributed by atoms with E-state index in [1.807, 2.05) is 30.3 Å². The number of halogens is 1. The molecule has 0 radical (unpaired) electrons. The first-order chi connectivity index (χ1) is 14.1. The molecular weight excluding hydrogens is 387 g/mol. The van der Waals surface area contributed by atoms with Crippen LogP contribution in [0.5, 0.6) is 0 Å². The fraction of sp³-hybridized carbons (Fsp3) is 0.217. The number of carbonyl (C=O) groups is 2. The summed E-state index contributed by atoms with van der Waals surface area (Å²) in [5, 5.41) is 2.93. The molecule has 0 saturated carbocycles. The standard InChI is InChI=1S/C23H21FN2O2S/c24-19-11-5-4-10-18(19)20-12-13-21(29-20)23(28)26-14-6-7-16(15-26)22(27)25-17-8-2-1-3-9-17/h1-5,8-13,16H,6-7,14-15H2,(H,25,27). The molecule has 1 saturated heterocycles. The van der Waals surface area contributed by atoms with Gasteiger partial charge in [-0.3, -0.25) is 9.59 Å². The van der Waals surface area contributed by atoms with Crippen molar-refractivity contribution in [3.8, 4) is 10.4 Å². The van der Waals surface area contributed by atoms with Gasteiger partial charge in [0.05, 0.1) is 10.8 Å². The van der Waals surface area contributed by atoms with E-state index in [0.717, 1.165) is 23.4 Å². The highest BCUT2D eigenvalue weighted by Gasteiger charge is 2.29. The molecule has 4 nitrogen and oxygen atoms in total. The van der Waals surface area contributed by atoms with Gasteiger partial charge < -0.3 is 10.2 Å². The molecule has 0 aliphatic carbocycles. The van der Waals surface area contributed by atoms with Crippen molar-refractivity contribution < 1.29 is 14.0 Å². The fourth-order valence-electron chi connectivity index (χ4n) is 3.56. The zero-order chi connectivity index (χ0) is 20.2. The number of hydrogen-bond acceptors (Lipinski definition) is 3. The van der Waals surface area contributed by atoms with Gasteiger partial charge in [-0.2, -0.15) is 0 Å². The maximum Gasteiger partial charge on any atom is 0.263 e. The van der Waals surface area contributed by atoms with Gasteiger partial charge in [0.25, 0.3) is 5.91 Å². The van der Waals surface area contributed by atoms with Gasteiger partial charge in [0.1, 0.15) is 5.82 Å². The number of anilines is 1. The Morgan fingerprint density at radius 3 is 2.55 bits per heavy atom. The molecule has 1 aliphatic rings. The molecule has 6 heteroatoms. The summed E-state index contributed by atoms with van der Waals surface area (Å²) in [6.45, 7) is 1.02. The zero-order valence-corrected chi connectivity index (χ0v) is 16.6. The molecule has 1 aromatic heterocycles. The van der Waals surface area contributed by atoms with Gasteiger partial charge >= 0.3 is 0 Å². The van der Waals surface area contributed by atoms with Crippen LogP contribution < -0.4 is 5.32 Å². The van der Waals surface area contributed by atoms with Crippen LogP contribution in [0.4, 0.5) is 10.1 Å². The van der Waals surface area contributed by atoms with Crippen molar-refractivity contribution in [1.29, 1.82) is 0 Å². The number of nitrogens with one attached hydrogen (secondary N) is 1. The molecule has 2 amide bonds. The number of rotatable bonds is 4. The van der Waals surface area contributed by atoms with Gasteiger partial charge in [-0.15, -0.1) is 11.3 Å².